The van der Waals surface area contributed by atoms with Crippen molar-refractivity contribution < 1.29 is 23.8 Å². The van der Waals surface area contributed by atoms with Crippen LogP contribution in [0.1, 0.15) is 26.3 Å². The molecule has 0 radical (unpaired) electrons. The van der Waals surface area contributed by atoms with E-state index < -0.39 is 12.6 Å². The molecule has 7 nitrogen and oxygen atoms in total. The average Bonchev–Trinajstić information content (AvgIpc) is 2.64. The van der Waals surface area contributed by atoms with Crippen molar-refractivity contribution in [1.29, 1.82) is 5.26 Å². The van der Waals surface area contributed by atoms with Crippen molar-refractivity contribution >= 4 is 18.0 Å². The Balaban J connectivity index is 1.94. The molecule has 1 aliphatic rings. The third kappa shape index (κ3) is 6.12. The van der Waals surface area contributed by atoms with Gasteiger partial charge in [-0.2, -0.15) is 5.26 Å². The topological polar surface area (TPSA) is 88.9 Å². The zero-order valence-electron chi connectivity index (χ0n) is 15.8. The van der Waals surface area contributed by atoms with E-state index in [1.807, 2.05) is 26.8 Å². The van der Waals surface area contributed by atoms with E-state index in [4.69, 9.17) is 14.2 Å². The number of hydrogen-bond donors (Lipinski definition) is 0. The van der Waals surface area contributed by atoms with Gasteiger partial charge in [0.2, 0.25) is 0 Å². The summed E-state index contributed by atoms with van der Waals surface area (Å²) in [4.78, 5) is 26.0. The minimum atomic E-state index is -0.825. The van der Waals surface area contributed by atoms with Crippen LogP contribution >= 0.6 is 0 Å². The van der Waals surface area contributed by atoms with Crippen LogP contribution in [0, 0.1) is 11.3 Å². The monoisotopic (exact) mass is 372 g/mol. The van der Waals surface area contributed by atoms with Crippen LogP contribution in [0.4, 0.5) is 0 Å². The number of carbonyl (C=O) groups excluding carboxylic acids is 2. The summed E-state index contributed by atoms with van der Waals surface area (Å²) in [5.74, 6) is -0.423. The van der Waals surface area contributed by atoms with Gasteiger partial charge in [0.25, 0.3) is 5.91 Å². The van der Waals surface area contributed by atoms with Crippen molar-refractivity contribution in [2.45, 2.75) is 33.0 Å². The number of nitriles is 1. The molecule has 1 aromatic carbocycles. The Hall–Kier alpha value is -2.85. The summed E-state index contributed by atoms with van der Waals surface area (Å²) in [6.07, 6.45) is 1.28. The highest BCUT2D eigenvalue weighted by atomic mass is 16.5. The first kappa shape index (κ1) is 20.5. The third-order valence-electron chi connectivity index (χ3n) is 3.94. The molecule has 1 aromatic rings. The number of rotatable bonds is 6. The average molecular weight is 372 g/mol. The minimum Gasteiger partial charge on any atom is -0.494 e. The molecular weight excluding hydrogens is 348 g/mol. The molecule has 1 saturated heterocycles. The van der Waals surface area contributed by atoms with Crippen LogP contribution in [0.5, 0.6) is 5.75 Å². The number of ether oxygens (including phenoxy) is 3. The first-order valence-corrected chi connectivity index (χ1v) is 8.88. The molecule has 27 heavy (non-hydrogen) atoms. The molecule has 144 valence electrons. The number of benzene rings is 1. The first-order valence-electron chi connectivity index (χ1n) is 8.88. The van der Waals surface area contributed by atoms with Crippen LogP contribution in [0.3, 0.4) is 0 Å². The summed E-state index contributed by atoms with van der Waals surface area (Å²) in [6.45, 7) is 6.71. The molecule has 1 amide bonds. The van der Waals surface area contributed by atoms with Gasteiger partial charge in [-0.05, 0) is 44.5 Å². The van der Waals surface area contributed by atoms with Gasteiger partial charge in [0.1, 0.15) is 17.4 Å². The summed E-state index contributed by atoms with van der Waals surface area (Å²) < 4.78 is 16.0. The number of esters is 1. The van der Waals surface area contributed by atoms with Crippen molar-refractivity contribution in [3.8, 4) is 11.8 Å². The predicted molar refractivity (Wildman–Crippen MR) is 98.7 cm³/mol. The Morgan fingerprint density at radius 1 is 1.26 bits per heavy atom. The molecule has 1 heterocycles. The fourth-order valence-electron chi connectivity index (χ4n) is 2.81. The Morgan fingerprint density at radius 2 is 1.89 bits per heavy atom. The standard InChI is InChI=1S/C20H24N2O5/c1-4-25-18-7-5-16(6-8-18)9-17(10-21)20(24)26-13-19(23)22-11-14(2)27-15(3)12-22/h5-9,14-15H,4,11-13H2,1-3H3/b17-9+/t14-,15+. The molecule has 0 aromatic heterocycles. The summed E-state index contributed by atoms with van der Waals surface area (Å²) in [5.41, 5.74) is 0.491. The molecule has 2 rings (SSSR count). The van der Waals surface area contributed by atoms with Crippen molar-refractivity contribution in [2.75, 3.05) is 26.3 Å². The number of carbonyl (C=O) groups is 2. The van der Waals surface area contributed by atoms with Crippen molar-refractivity contribution in [3.05, 3.63) is 35.4 Å². The number of hydrogen-bond acceptors (Lipinski definition) is 6. The van der Waals surface area contributed by atoms with Gasteiger partial charge in [0.05, 0.1) is 18.8 Å². The molecular formula is C20H24N2O5. The highest BCUT2D eigenvalue weighted by Crippen LogP contribution is 2.15. The fraction of sp³-hybridized carbons (Fsp3) is 0.450. The molecule has 0 spiro atoms. The molecule has 0 saturated carbocycles. The van der Waals surface area contributed by atoms with E-state index in [9.17, 15) is 14.9 Å². The maximum Gasteiger partial charge on any atom is 0.349 e. The Bertz CT molecular complexity index is 726. The van der Waals surface area contributed by atoms with Crippen molar-refractivity contribution in [3.63, 3.8) is 0 Å². The fourth-order valence-corrected chi connectivity index (χ4v) is 2.81. The lowest BCUT2D eigenvalue weighted by atomic mass is 10.1. The summed E-state index contributed by atoms with van der Waals surface area (Å²) in [7, 11) is 0. The van der Waals surface area contributed by atoms with Crippen LogP contribution in [0.2, 0.25) is 0 Å². The van der Waals surface area contributed by atoms with Gasteiger partial charge in [0, 0.05) is 13.1 Å². The zero-order chi connectivity index (χ0) is 19.8. The Labute approximate surface area is 159 Å². The Kier molecular flexibility index (Phi) is 7.38. The quantitative estimate of drug-likeness (QED) is 0.432. The van der Waals surface area contributed by atoms with E-state index in [0.717, 1.165) is 0 Å². The van der Waals surface area contributed by atoms with E-state index in [1.54, 1.807) is 29.2 Å². The second-order valence-electron chi connectivity index (χ2n) is 6.30. The lowest BCUT2D eigenvalue weighted by molar-refractivity contribution is -0.154. The Morgan fingerprint density at radius 3 is 2.44 bits per heavy atom. The zero-order valence-corrected chi connectivity index (χ0v) is 15.8. The number of nitrogens with zero attached hydrogens (tertiary/aromatic N) is 2. The smallest absolute Gasteiger partial charge is 0.349 e. The SMILES string of the molecule is CCOc1ccc(/C=C(\C#N)C(=O)OCC(=O)N2C[C@@H](C)O[C@@H](C)C2)cc1. The van der Waals surface area contributed by atoms with Gasteiger partial charge in [0.15, 0.2) is 6.61 Å². The summed E-state index contributed by atoms with van der Waals surface area (Å²) >= 11 is 0. The van der Waals surface area contributed by atoms with Crippen molar-refractivity contribution in [1.82, 2.24) is 4.90 Å². The number of morpholine rings is 1. The molecule has 7 heteroatoms. The summed E-state index contributed by atoms with van der Waals surface area (Å²) in [6, 6.07) is 8.78. The van der Waals surface area contributed by atoms with Crippen LogP contribution in [0.15, 0.2) is 29.8 Å². The lowest BCUT2D eigenvalue weighted by Gasteiger charge is -2.35. The largest absolute Gasteiger partial charge is 0.494 e. The second kappa shape index (κ2) is 9.74. The predicted octanol–water partition coefficient (Wildman–Crippen LogP) is 2.17. The van der Waals surface area contributed by atoms with E-state index in [1.165, 1.54) is 6.08 Å². The van der Waals surface area contributed by atoms with Gasteiger partial charge in [-0.25, -0.2) is 4.79 Å². The normalized spacial score (nSPS) is 19.9. The van der Waals surface area contributed by atoms with Gasteiger partial charge in [-0.1, -0.05) is 12.1 Å². The summed E-state index contributed by atoms with van der Waals surface area (Å²) in [5, 5.41) is 9.22. The first-order chi connectivity index (χ1) is 12.9. The molecule has 0 bridgehead atoms. The highest BCUT2D eigenvalue weighted by Gasteiger charge is 2.26. The van der Waals surface area contributed by atoms with Crippen LogP contribution < -0.4 is 4.74 Å². The van der Waals surface area contributed by atoms with Gasteiger partial charge in [-0.15, -0.1) is 0 Å². The molecule has 2 atom stereocenters. The van der Waals surface area contributed by atoms with E-state index in [0.29, 0.717) is 31.0 Å². The third-order valence-corrected chi connectivity index (χ3v) is 3.94. The van der Waals surface area contributed by atoms with Gasteiger partial charge in [-0.3, -0.25) is 4.79 Å². The van der Waals surface area contributed by atoms with Crippen LogP contribution in [-0.2, 0) is 19.1 Å². The minimum absolute atomic E-state index is 0.0670. The molecule has 1 fully saturated rings. The van der Waals surface area contributed by atoms with E-state index in [2.05, 4.69) is 0 Å². The lowest BCUT2D eigenvalue weighted by Crippen LogP contribution is -2.49. The number of amides is 1. The maximum absolute atomic E-state index is 12.2. The van der Waals surface area contributed by atoms with Gasteiger partial charge < -0.3 is 19.1 Å². The molecule has 1 aliphatic heterocycles. The van der Waals surface area contributed by atoms with Crippen molar-refractivity contribution in [2.24, 2.45) is 0 Å². The molecule has 0 aliphatic carbocycles. The van der Waals surface area contributed by atoms with Crippen LogP contribution in [0.25, 0.3) is 6.08 Å². The van der Waals surface area contributed by atoms with E-state index in [-0.39, 0.29) is 23.7 Å². The second-order valence-corrected chi connectivity index (χ2v) is 6.30. The van der Waals surface area contributed by atoms with E-state index >= 15 is 0 Å². The molecule has 0 unspecified atom stereocenters. The van der Waals surface area contributed by atoms with Gasteiger partial charge >= 0.3 is 5.97 Å². The van der Waals surface area contributed by atoms with Crippen LogP contribution in [-0.4, -0.2) is 55.3 Å². The highest BCUT2D eigenvalue weighted by molar-refractivity contribution is 5.98. The maximum atomic E-state index is 12.2. The molecule has 0 N–H and O–H groups in total.